The van der Waals surface area contributed by atoms with Crippen LogP contribution in [0, 0.1) is 0 Å². The third-order valence-corrected chi connectivity index (χ3v) is 10.2. The Labute approximate surface area is 268 Å². The zero-order valence-electron chi connectivity index (χ0n) is 24.6. The first-order chi connectivity index (χ1) is 22.8. The Morgan fingerprint density at radius 3 is 1.83 bits per heavy atom. The Bertz CT molecular complexity index is 2650. The number of fused-ring (bicyclic) bond motifs is 9. The fraction of sp³-hybridized carbons (Fsp3) is 0. The molecule has 0 aliphatic heterocycles. The van der Waals surface area contributed by atoms with Gasteiger partial charge >= 0.3 is 0 Å². The molecule has 46 heavy (non-hydrogen) atoms. The predicted octanol–water partition coefficient (Wildman–Crippen LogP) is 13.0. The van der Waals surface area contributed by atoms with Crippen LogP contribution in [0.3, 0.4) is 0 Å². The van der Waals surface area contributed by atoms with E-state index in [4.69, 9.17) is 8.83 Å². The third-order valence-electron chi connectivity index (χ3n) is 9.07. The molecule has 0 atom stereocenters. The van der Waals surface area contributed by atoms with Gasteiger partial charge in [-0.15, -0.1) is 11.3 Å². The summed E-state index contributed by atoms with van der Waals surface area (Å²) in [5, 5.41) is 6.96. The van der Waals surface area contributed by atoms with Crippen LogP contribution in [0.25, 0.3) is 75.2 Å². The van der Waals surface area contributed by atoms with Gasteiger partial charge in [-0.3, -0.25) is 0 Å². The van der Waals surface area contributed by atoms with Gasteiger partial charge in [0.05, 0.1) is 11.4 Å². The average Bonchev–Trinajstić information content (AvgIpc) is 3.79. The summed E-state index contributed by atoms with van der Waals surface area (Å²) in [6, 6.07) is 53.6. The van der Waals surface area contributed by atoms with Crippen LogP contribution in [0.15, 0.2) is 160 Å². The summed E-state index contributed by atoms with van der Waals surface area (Å²) in [6.45, 7) is 0. The summed E-state index contributed by atoms with van der Waals surface area (Å²) < 4.78 is 15.7. The van der Waals surface area contributed by atoms with Crippen LogP contribution in [0.4, 0.5) is 17.1 Å². The minimum atomic E-state index is 0.851. The molecule has 3 aromatic heterocycles. The number of hydrogen-bond donors (Lipinski definition) is 0. The first-order valence-electron chi connectivity index (χ1n) is 15.4. The lowest BCUT2D eigenvalue weighted by Crippen LogP contribution is -2.11. The molecule has 0 saturated carbocycles. The van der Waals surface area contributed by atoms with Gasteiger partial charge in [0.15, 0.2) is 5.58 Å². The Balaban J connectivity index is 1.32. The van der Waals surface area contributed by atoms with E-state index in [2.05, 4.69) is 138 Å². The van der Waals surface area contributed by atoms with Gasteiger partial charge in [0, 0.05) is 59.0 Å². The summed E-state index contributed by atoms with van der Waals surface area (Å²) in [4.78, 5) is 2.35. The van der Waals surface area contributed by atoms with Gasteiger partial charge in [0.1, 0.15) is 16.7 Å². The van der Waals surface area contributed by atoms with E-state index in [-0.39, 0.29) is 0 Å². The van der Waals surface area contributed by atoms with Gasteiger partial charge in [-0.2, -0.15) is 0 Å². The highest BCUT2D eigenvalue weighted by Crippen LogP contribution is 2.49. The van der Waals surface area contributed by atoms with Crippen LogP contribution in [-0.2, 0) is 0 Å². The van der Waals surface area contributed by atoms with Crippen LogP contribution in [0.1, 0.15) is 0 Å². The van der Waals surface area contributed by atoms with Crippen LogP contribution in [0.5, 0.6) is 0 Å². The predicted molar refractivity (Wildman–Crippen MR) is 194 cm³/mol. The van der Waals surface area contributed by atoms with Crippen LogP contribution in [0.2, 0.25) is 0 Å². The van der Waals surface area contributed by atoms with E-state index in [1.165, 1.54) is 20.2 Å². The fourth-order valence-corrected chi connectivity index (χ4v) is 8.10. The van der Waals surface area contributed by atoms with Gasteiger partial charge in [0.25, 0.3) is 0 Å². The van der Waals surface area contributed by atoms with E-state index in [0.717, 1.165) is 72.1 Å². The summed E-state index contributed by atoms with van der Waals surface area (Å²) in [7, 11) is 0. The largest absolute Gasteiger partial charge is 0.456 e. The van der Waals surface area contributed by atoms with E-state index < -0.39 is 0 Å². The molecule has 0 N–H and O–H groups in total. The smallest absolute Gasteiger partial charge is 0.160 e. The van der Waals surface area contributed by atoms with Gasteiger partial charge in [-0.05, 0) is 54.1 Å². The third kappa shape index (κ3) is 3.77. The van der Waals surface area contributed by atoms with Gasteiger partial charge in [-0.1, -0.05) is 97.1 Å². The quantitative estimate of drug-likeness (QED) is 0.199. The molecule has 0 fully saturated rings. The van der Waals surface area contributed by atoms with Crippen molar-refractivity contribution in [3.8, 4) is 11.1 Å². The molecule has 0 spiro atoms. The van der Waals surface area contributed by atoms with Crippen molar-refractivity contribution in [2.75, 3.05) is 4.90 Å². The highest BCUT2D eigenvalue weighted by atomic mass is 32.1. The van der Waals surface area contributed by atoms with Crippen LogP contribution >= 0.6 is 11.3 Å². The topological polar surface area (TPSA) is 29.5 Å². The fourth-order valence-electron chi connectivity index (χ4n) is 6.96. The highest BCUT2D eigenvalue weighted by Gasteiger charge is 2.25. The van der Waals surface area contributed by atoms with Crippen molar-refractivity contribution in [2.24, 2.45) is 0 Å². The number of nitrogens with zero attached hydrogens (tertiary/aromatic N) is 1. The second kappa shape index (κ2) is 9.83. The van der Waals surface area contributed by atoms with Crippen molar-refractivity contribution in [1.82, 2.24) is 0 Å². The molecule has 0 saturated heterocycles. The van der Waals surface area contributed by atoms with E-state index in [0.29, 0.717) is 0 Å². The van der Waals surface area contributed by atoms with Crippen molar-refractivity contribution in [1.29, 1.82) is 0 Å². The van der Waals surface area contributed by atoms with Gasteiger partial charge in [0.2, 0.25) is 0 Å². The first kappa shape index (κ1) is 25.5. The minimum absolute atomic E-state index is 0.851. The van der Waals surface area contributed by atoms with E-state index >= 15 is 0 Å². The monoisotopic (exact) mass is 607 g/mol. The van der Waals surface area contributed by atoms with Gasteiger partial charge < -0.3 is 13.7 Å². The number of para-hydroxylation sites is 2. The highest BCUT2D eigenvalue weighted by molar-refractivity contribution is 7.25. The second-order valence-electron chi connectivity index (χ2n) is 11.7. The lowest BCUT2D eigenvalue weighted by molar-refractivity contribution is 0.667. The van der Waals surface area contributed by atoms with Crippen molar-refractivity contribution in [3.05, 3.63) is 152 Å². The average molecular weight is 608 g/mol. The van der Waals surface area contributed by atoms with E-state index in [1.54, 1.807) is 0 Å². The number of benzene rings is 7. The van der Waals surface area contributed by atoms with Crippen molar-refractivity contribution >= 4 is 92.4 Å². The minimum Gasteiger partial charge on any atom is -0.456 e. The summed E-state index contributed by atoms with van der Waals surface area (Å²) in [6.07, 6.45) is 0. The molecule has 3 heterocycles. The maximum absolute atomic E-state index is 6.78. The van der Waals surface area contributed by atoms with Crippen molar-refractivity contribution < 1.29 is 8.83 Å². The van der Waals surface area contributed by atoms with E-state index in [1.807, 2.05) is 29.5 Å². The Morgan fingerprint density at radius 2 is 1.00 bits per heavy atom. The zero-order valence-corrected chi connectivity index (χ0v) is 25.4. The normalized spacial score (nSPS) is 11.9. The molecule has 3 nitrogen and oxygen atoms in total. The first-order valence-corrected chi connectivity index (χ1v) is 16.2. The maximum atomic E-state index is 6.78. The molecule has 0 radical (unpaired) electrons. The lowest BCUT2D eigenvalue weighted by Gasteiger charge is -2.28. The standard InChI is InChI=1S/C42H25NO2S/c1-2-10-26(11-3-1)29-22-23-35-31-13-5-8-16-37(31)45-42(35)41(29)43(27-18-20-32-30-12-4-7-15-36(30)44-38(32)24-27)28-19-21-34-33-14-6-9-17-39(33)46-40(34)25-28/h1-25H. The molecule has 4 heteroatoms. The van der Waals surface area contributed by atoms with E-state index in [9.17, 15) is 0 Å². The maximum Gasteiger partial charge on any atom is 0.160 e. The lowest BCUT2D eigenvalue weighted by atomic mass is 9.99. The molecular weight excluding hydrogens is 583 g/mol. The number of thiophene rings is 1. The van der Waals surface area contributed by atoms with Crippen molar-refractivity contribution in [2.45, 2.75) is 0 Å². The van der Waals surface area contributed by atoms with Crippen LogP contribution in [-0.4, -0.2) is 0 Å². The Kier molecular flexibility index (Phi) is 5.45. The molecule has 0 bridgehead atoms. The second-order valence-corrected chi connectivity index (χ2v) is 12.8. The van der Waals surface area contributed by atoms with Crippen LogP contribution < -0.4 is 4.90 Å². The van der Waals surface area contributed by atoms with Gasteiger partial charge in [-0.25, -0.2) is 0 Å². The molecule has 7 aromatic carbocycles. The Hall–Kier alpha value is -5.84. The molecular formula is C42H25NO2S. The molecule has 10 rings (SSSR count). The van der Waals surface area contributed by atoms with Crippen molar-refractivity contribution in [3.63, 3.8) is 0 Å². The zero-order chi connectivity index (χ0) is 30.2. The summed E-state index contributed by atoms with van der Waals surface area (Å²) in [5.41, 5.74) is 8.72. The molecule has 0 amide bonds. The molecule has 216 valence electrons. The Morgan fingerprint density at radius 1 is 0.413 bits per heavy atom. The summed E-state index contributed by atoms with van der Waals surface area (Å²) >= 11 is 1.83. The number of furan rings is 2. The number of rotatable bonds is 4. The number of hydrogen-bond acceptors (Lipinski definition) is 4. The summed E-state index contributed by atoms with van der Waals surface area (Å²) in [5.74, 6) is 0. The molecule has 0 unspecified atom stereocenters. The molecule has 10 aromatic rings. The SMILES string of the molecule is c1ccc(-c2ccc3c(oc4ccccc43)c2N(c2ccc3c(c2)oc2ccccc23)c2ccc3c(c2)sc2ccccc23)cc1. The molecule has 0 aliphatic carbocycles. The molecule has 0 aliphatic rings. The number of anilines is 3.